The second-order valence-electron chi connectivity index (χ2n) is 24.3. The number of Topliss-reactive ketones (excluding diaryl/α,β-unsaturated/α-hetero) is 3. The Morgan fingerprint density at radius 1 is 0.696 bits per heavy atom. The Morgan fingerprint density at radius 2 is 1.33 bits per heavy atom. The molecule has 6 rings (SSSR count). The number of carboxylic acid groups (broad SMARTS) is 1. The van der Waals surface area contributed by atoms with Crippen molar-refractivity contribution in [2.45, 2.75) is 200 Å². The van der Waals surface area contributed by atoms with Crippen LogP contribution in [-0.2, 0) is 75.0 Å². The minimum absolute atomic E-state index is 0.0551. The van der Waals surface area contributed by atoms with Gasteiger partial charge in [0, 0.05) is 88.0 Å². The van der Waals surface area contributed by atoms with Gasteiger partial charge in [-0.05, 0) is 96.1 Å². The Morgan fingerprint density at radius 3 is 1.98 bits per heavy atom. The zero-order valence-electron chi connectivity index (χ0n) is 54.0. The molecule has 504 valence electrons. The summed E-state index contributed by atoms with van der Waals surface area (Å²) in [5.41, 5.74) is 2.85. The summed E-state index contributed by atoms with van der Waals surface area (Å²) in [6, 6.07) is 7.47. The number of carboxylic acids is 1. The summed E-state index contributed by atoms with van der Waals surface area (Å²) >= 11 is 3.36. The highest BCUT2D eigenvalue weighted by Crippen LogP contribution is 2.59. The predicted octanol–water partition coefficient (Wildman–Crippen LogP) is 8.98. The summed E-state index contributed by atoms with van der Waals surface area (Å²) in [7, 11) is 1.26. The highest BCUT2D eigenvalue weighted by atomic mass is 79.9. The van der Waals surface area contributed by atoms with Crippen LogP contribution in [-0.4, -0.2) is 172 Å². The number of hydrogen-bond acceptors (Lipinski definition) is 18. The number of aliphatic carboxylic acids is 1. The van der Waals surface area contributed by atoms with Gasteiger partial charge >= 0.3 is 11.9 Å². The van der Waals surface area contributed by atoms with Crippen LogP contribution in [0.2, 0.25) is 0 Å². The molecular weight excluding hydrogens is 1250 g/mol. The predicted molar refractivity (Wildman–Crippen MR) is 346 cm³/mol. The van der Waals surface area contributed by atoms with E-state index in [1.807, 2.05) is 25.1 Å². The molecule has 1 aliphatic heterocycles. The fourth-order valence-electron chi connectivity index (χ4n) is 11.3. The van der Waals surface area contributed by atoms with Crippen LogP contribution in [0.4, 0.5) is 5.82 Å². The summed E-state index contributed by atoms with van der Waals surface area (Å²) in [6.07, 6.45) is 21.9. The van der Waals surface area contributed by atoms with Gasteiger partial charge < -0.3 is 49.6 Å². The Balaban J connectivity index is 0.741. The number of unbranched alkanes of at least 4 members (excludes halogenated alkanes) is 13. The highest BCUT2D eigenvalue weighted by Gasteiger charge is 2.64. The van der Waals surface area contributed by atoms with E-state index in [0.29, 0.717) is 65.0 Å². The molecular formula is C67H94BrN9O15. The van der Waals surface area contributed by atoms with Crippen LogP contribution in [0.15, 0.2) is 47.3 Å². The molecule has 92 heavy (non-hydrogen) atoms. The van der Waals surface area contributed by atoms with Crippen LogP contribution in [0.5, 0.6) is 0 Å². The van der Waals surface area contributed by atoms with Crippen molar-refractivity contribution < 1.29 is 71.9 Å². The maximum Gasteiger partial charge on any atom is 0.328 e. The van der Waals surface area contributed by atoms with E-state index < -0.39 is 24.0 Å². The number of carbonyl (C=O) groups excluding carboxylic acids is 8. The average Bonchev–Trinajstić information content (AvgIpc) is 1.55. The van der Waals surface area contributed by atoms with Crippen molar-refractivity contribution in [1.29, 1.82) is 0 Å². The summed E-state index contributed by atoms with van der Waals surface area (Å²) in [5, 5.41) is 22.2. The molecule has 1 aliphatic carbocycles. The fourth-order valence-corrected chi connectivity index (χ4v) is 11.7. The molecule has 4 heterocycles. The first-order valence-electron chi connectivity index (χ1n) is 32.6. The number of ether oxygens (including phenoxy) is 5. The summed E-state index contributed by atoms with van der Waals surface area (Å²) in [5.74, 6) is -1.97. The third-order valence-corrected chi connectivity index (χ3v) is 17.1. The number of fused-ring (bicyclic) bond motifs is 2. The molecule has 24 nitrogen and oxygen atoms in total. The van der Waals surface area contributed by atoms with Crippen LogP contribution in [0, 0.1) is 12.3 Å². The van der Waals surface area contributed by atoms with Crippen molar-refractivity contribution in [3.05, 3.63) is 64.4 Å². The molecule has 0 bridgehead atoms. The van der Waals surface area contributed by atoms with Crippen LogP contribution >= 0.6 is 15.9 Å². The van der Waals surface area contributed by atoms with Crippen LogP contribution in [0.25, 0.3) is 22.0 Å². The van der Waals surface area contributed by atoms with Gasteiger partial charge in [-0.3, -0.25) is 43.0 Å². The molecule has 2 fully saturated rings. The molecule has 1 saturated heterocycles. The summed E-state index contributed by atoms with van der Waals surface area (Å²) in [4.78, 5) is 129. The molecule has 2 aliphatic rings. The maximum atomic E-state index is 14.1. The average molecular weight is 1350 g/mol. The van der Waals surface area contributed by atoms with Gasteiger partial charge in [-0.2, -0.15) is 5.10 Å². The summed E-state index contributed by atoms with van der Waals surface area (Å²) in [6.45, 7) is 6.53. The first-order valence-corrected chi connectivity index (χ1v) is 33.4. The molecule has 0 spiro atoms. The number of piperidine rings is 1. The lowest BCUT2D eigenvalue weighted by Crippen LogP contribution is -2.47. The van der Waals surface area contributed by atoms with Crippen molar-refractivity contribution in [1.82, 2.24) is 40.3 Å². The number of nitrogens with one attached hydrogen (secondary N) is 3. The summed E-state index contributed by atoms with van der Waals surface area (Å²) < 4.78 is 28.9. The van der Waals surface area contributed by atoms with Crippen molar-refractivity contribution in [2.75, 3.05) is 71.8 Å². The van der Waals surface area contributed by atoms with E-state index in [0.717, 1.165) is 62.5 Å². The molecule has 4 amide bonds. The first kappa shape index (κ1) is 74.1. The highest BCUT2D eigenvalue weighted by molar-refractivity contribution is 9.10. The van der Waals surface area contributed by atoms with Crippen molar-refractivity contribution in [3.63, 3.8) is 0 Å². The Labute approximate surface area is 547 Å². The second kappa shape index (κ2) is 39.6. The number of nitrogens with zero attached hydrogens (tertiary/aromatic N) is 6. The molecule has 0 radical (unpaired) electrons. The number of rotatable bonds is 48. The lowest BCUT2D eigenvalue weighted by atomic mass is 10.0. The van der Waals surface area contributed by atoms with Gasteiger partial charge in [0.2, 0.25) is 23.6 Å². The minimum Gasteiger partial charge on any atom is -0.481 e. The lowest BCUT2D eigenvalue weighted by Gasteiger charge is -2.27. The molecule has 1 aromatic carbocycles. The van der Waals surface area contributed by atoms with E-state index in [1.54, 1.807) is 29.4 Å². The van der Waals surface area contributed by atoms with Gasteiger partial charge in [-0.15, -0.1) is 0 Å². The molecule has 4 atom stereocenters. The quantitative estimate of drug-likeness (QED) is 0.0139. The zero-order valence-corrected chi connectivity index (χ0v) is 55.6. The molecule has 25 heteroatoms. The third kappa shape index (κ3) is 25.5. The van der Waals surface area contributed by atoms with Crippen LogP contribution < -0.4 is 16.0 Å². The number of esters is 1. The van der Waals surface area contributed by atoms with E-state index in [2.05, 4.69) is 58.9 Å². The monoisotopic (exact) mass is 1340 g/mol. The number of halogens is 1. The lowest BCUT2D eigenvalue weighted by molar-refractivity contribution is -0.145. The first-order chi connectivity index (χ1) is 44.3. The number of methoxy groups -OCH3 is 1. The van der Waals surface area contributed by atoms with Crippen LogP contribution in [0.1, 0.15) is 183 Å². The van der Waals surface area contributed by atoms with E-state index in [-0.39, 0.29) is 150 Å². The zero-order chi connectivity index (χ0) is 66.3. The smallest absolute Gasteiger partial charge is 0.328 e. The van der Waals surface area contributed by atoms with E-state index in [9.17, 15) is 43.2 Å². The number of benzene rings is 1. The molecule has 4 N–H and O–H groups in total. The molecule has 1 saturated carbocycles. The number of pyridine rings is 1. The number of aromatic nitrogens is 5. The van der Waals surface area contributed by atoms with Gasteiger partial charge in [0.15, 0.2) is 11.6 Å². The van der Waals surface area contributed by atoms with Gasteiger partial charge in [-0.1, -0.05) is 96.1 Å². The number of anilines is 1. The number of ketones is 3. The van der Waals surface area contributed by atoms with Gasteiger partial charge in [0.1, 0.15) is 59.6 Å². The normalized spacial score (nSPS) is 16.0. The van der Waals surface area contributed by atoms with Gasteiger partial charge in [0.05, 0.1) is 45.7 Å². The van der Waals surface area contributed by atoms with E-state index in [1.165, 1.54) is 63.7 Å². The fraction of sp³-hybridized carbons (Fsp3) is 0.627. The maximum absolute atomic E-state index is 14.1. The minimum atomic E-state index is -0.885. The SMILES string of the molecule is COC(=O)[C@H](CCC(=O)CCCOCCOCC(=O)NCCOCCOCC(=O)CCc1ncc(-c2ccc3c(c2)c(C(C)=O)nn3CC(=O)N2[C@H](C(=O)Nc3nc(Br)ccc3C)C[C@@]3(C)C[C@@H]23)cn1)NC(=O)CCCCCCCCCCCCCCCCC(=O)O. The second-order valence-corrected chi connectivity index (χ2v) is 25.1. The molecule has 3 aromatic heterocycles. The Kier molecular flexibility index (Phi) is 31.9. The van der Waals surface area contributed by atoms with Gasteiger partial charge in [-0.25, -0.2) is 19.7 Å². The third-order valence-electron chi connectivity index (χ3n) is 16.7. The standard InChI is InChI=1S/C67H94BrN9O15/c1-46-23-29-57(68)73-64(46)74-65(86)55-39-67(3)40-56(67)77(55)61(83)43-76-54-28-24-48(38-52(54)63(75-76)47(2)78)49-41-70-58(71-42-49)30-26-51(80)44-91-36-35-90-33-31-69-60(82)45-92-37-34-89-32-19-20-50(79)25-27-53(66(87)88-4)72-59(81)21-17-15-13-11-9-7-5-6-8-10-12-14-16-18-22-62(84)85/h23-24,28-29,38,41-42,53,55-56H,5-22,25-27,30-37,39-40,43-45H2,1-4H3,(H,69,82)(H,72,81)(H,84,85)(H,73,74,86)/t53-,55-,56+,67-/m0/s1. The topological polar surface area (TPSA) is 316 Å². The number of amides is 4. The van der Waals surface area contributed by atoms with Crippen molar-refractivity contribution in [2.24, 2.45) is 5.41 Å². The molecule has 0 unspecified atom stereocenters. The van der Waals surface area contributed by atoms with E-state index in [4.69, 9.17) is 28.8 Å². The number of carbonyl (C=O) groups is 9. The number of likely N-dealkylation sites (tertiary alicyclic amines) is 1. The van der Waals surface area contributed by atoms with Crippen molar-refractivity contribution >= 4 is 85.6 Å². The number of hydrogen-bond donors (Lipinski definition) is 4. The largest absolute Gasteiger partial charge is 0.481 e. The van der Waals surface area contributed by atoms with E-state index >= 15 is 0 Å². The number of aryl methyl sites for hydroxylation is 2. The van der Waals surface area contributed by atoms with Crippen LogP contribution in [0.3, 0.4) is 0 Å². The van der Waals surface area contributed by atoms with Crippen molar-refractivity contribution in [3.8, 4) is 11.1 Å². The Hall–Kier alpha value is -6.93. The molecule has 4 aromatic rings. The Bertz CT molecular complexity index is 3090. The van der Waals surface area contributed by atoms with Gasteiger partial charge in [0.25, 0.3) is 0 Å².